The van der Waals surface area contributed by atoms with Crippen LogP contribution in [0.3, 0.4) is 0 Å². The van der Waals surface area contributed by atoms with Crippen LogP contribution in [0.2, 0.25) is 0 Å². The lowest BCUT2D eigenvalue weighted by atomic mass is 10.1. The first-order valence-electron chi connectivity index (χ1n) is 6.52. The second-order valence-electron chi connectivity index (χ2n) is 4.40. The number of hydrogen-bond donors (Lipinski definition) is 4. The molecule has 1 aromatic rings. The zero-order valence-electron chi connectivity index (χ0n) is 11.7. The number of nitrogens with one attached hydrogen (secondary N) is 3. The molecule has 4 N–H and O–H groups in total. The van der Waals surface area contributed by atoms with Crippen molar-refractivity contribution in [2.24, 2.45) is 0 Å². The molecule has 0 aromatic heterocycles. The highest BCUT2D eigenvalue weighted by atomic mass is 32.1. The van der Waals surface area contributed by atoms with Crippen LogP contribution in [0.5, 0.6) is 5.75 Å². The molecule has 0 aliphatic rings. The summed E-state index contributed by atoms with van der Waals surface area (Å²) in [4.78, 5) is 22.7. The number of benzene rings is 1. The number of phenolic OH excluding ortho intramolecular Hbond substituents is 1. The van der Waals surface area contributed by atoms with Gasteiger partial charge in [0.1, 0.15) is 18.1 Å². The Morgan fingerprint density at radius 1 is 1.27 bits per heavy atom. The van der Waals surface area contributed by atoms with Gasteiger partial charge < -0.3 is 25.9 Å². The fourth-order valence-electron chi connectivity index (χ4n) is 1.69. The van der Waals surface area contributed by atoms with Gasteiger partial charge in [-0.1, -0.05) is 36.6 Å². The first kappa shape index (κ1) is 18.0. The van der Waals surface area contributed by atoms with Gasteiger partial charge in [-0.2, -0.15) is 0 Å². The smallest absolute Gasteiger partial charge is 0.243 e. The summed E-state index contributed by atoms with van der Waals surface area (Å²) >= 11 is 9.72. The van der Waals surface area contributed by atoms with Crippen molar-refractivity contribution in [3.05, 3.63) is 29.8 Å². The summed E-state index contributed by atoms with van der Waals surface area (Å²) in [5.74, 6) is -0.0939. The Bertz CT molecular complexity index is 535. The number of carbonyl (C=O) groups is 2. The van der Waals surface area contributed by atoms with Gasteiger partial charge in [0, 0.05) is 6.42 Å². The molecule has 22 heavy (non-hydrogen) atoms. The number of phenols is 1. The van der Waals surface area contributed by atoms with E-state index < -0.39 is 6.04 Å². The molecule has 0 saturated heterocycles. The van der Waals surface area contributed by atoms with Crippen molar-refractivity contribution in [2.75, 3.05) is 13.1 Å². The average molecular weight is 339 g/mol. The average Bonchev–Trinajstić information content (AvgIpc) is 2.52. The topological polar surface area (TPSA) is 90.5 Å². The van der Waals surface area contributed by atoms with Crippen molar-refractivity contribution in [3.8, 4) is 5.75 Å². The zero-order valence-corrected chi connectivity index (χ0v) is 13.4. The molecule has 1 atom stereocenters. The van der Waals surface area contributed by atoms with E-state index >= 15 is 0 Å². The Kier molecular flexibility index (Phi) is 8.01. The second kappa shape index (κ2) is 9.80. The van der Waals surface area contributed by atoms with Crippen LogP contribution in [-0.4, -0.2) is 46.9 Å². The van der Waals surface area contributed by atoms with Gasteiger partial charge in [0.2, 0.25) is 5.91 Å². The summed E-state index contributed by atoms with van der Waals surface area (Å²) in [5.41, 5.74) is 2.16. The molecule has 0 fully saturated rings. The fraction of sp³-hybridized carbons (Fsp3) is 0.286. The van der Waals surface area contributed by atoms with Gasteiger partial charge in [-0.05, 0) is 17.7 Å². The molecule has 0 saturated carbocycles. The highest BCUT2D eigenvalue weighted by Crippen LogP contribution is 2.11. The highest BCUT2D eigenvalue weighted by molar-refractivity contribution is 7.80. The van der Waals surface area contributed by atoms with E-state index in [1.807, 2.05) is 0 Å². The summed E-state index contributed by atoms with van der Waals surface area (Å²) in [6.07, 6.45) is 1.10. The molecule has 0 heterocycles. The number of thiocarbonyl (C=S) groups is 2. The summed E-state index contributed by atoms with van der Waals surface area (Å²) in [7, 11) is 0. The van der Waals surface area contributed by atoms with E-state index in [0.717, 1.165) is 5.56 Å². The third-order valence-corrected chi connectivity index (χ3v) is 3.19. The summed E-state index contributed by atoms with van der Waals surface area (Å²) < 4.78 is 0. The van der Waals surface area contributed by atoms with Crippen LogP contribution in [-0.2, 0) is 16.0 Å². The lowest BCUT2D eigenvalue weighted by molar-refractivity contribution is -0.122. The van der Waals surface area contributed by atoms with E-state index in [2.05, 4.69) is 16.0 Å². The van der Waals surface area contributed by atoms with E-state index in [1.54, 1.807) is 24.3 Å². The summed E-state index contributed by atoms with van der Waals surface area (Å²) in [6.45, 7) is 0.261. The minimum atomic E-state index is -0.545. The molecule has 1 rings (SSSR count). The van der Waals surface area contributed by atoms with E-state index in [0.29, 0.717) is 17.7 Å². The van der Waals surface area contributed by atoms with Gasteiger partial charge >= 0.3 is 0 Å². The standard InChI is InChI=1S/C14H17N3O3S2/c18-6-5-15-13(22)8-16-14(20)12(17-9-21)7-10-1-3-11(19)4-2-10/h1-4,6,9,12,19H,5,7-8H2,(H,15,22)(H,16,20)(H,17,21). The Morgan fingerprint density at radius 2 is 1.95 bits per heavy atom. The quantitative estimate of drug-likeness (QED) is 0.374. The van der Waals surface area contributed by atoms with Gasteiger partial charge in [-0.25, -0.2) is 0 Å². The van der Waals surface area contributed by atoms with Crippen molar-refractivity contribution in [2.45, 2.75) is 12.5 Å². The Morgan fingerprint density at radius 3 is 2.55 bits per heavy atom. The van der Waals surface area contributed by atoms with Gasteiger partial charge in [-0.15, -0.1) is 0 Å². The molecule has 1 amide bonds. The van der Waals surface area contributed by atoms with Crippen LogP contribution in [0.1, 0.15) is 5.56 Å². The normalized spacial score (nSPS) is 11.1. The van der Waals surface area contributed by atoms with Gasteiger partial charge in [0.25, 0.3) is 0 Å². The van der Waals surface area contributed by atoms with Crippen molar-refractivity contribution < 1.29 is 14.7 Å². The molecule has 0 radical (unpaired) electrons. The minimum absolute atomic E-state index is 0.115. The van der Waals surface area contributed by atoms with Crippen molar-refractivity contribution in [3.63, 3.8) is 0 Å². The zero-order chi connectivity index (χ0) is 16.4. The van der Waals surface area contributed by atoms with Crippen molar-refractivity contribution >= 4 is 47.1 Å². The molecule has 0 spiro atoms. The van der Waals surface area contributed by atoms with E-state index in [9.17, 15) is 14.7 Å². The molecular weight excluding hydrogens is 322 g/mol. The molecule has 0 aliphatic carbocycles. The Labute approximate surface area is 139 Å². The van der Waals surface area contributed by atoms with Crippen molar-refractivity contribution in [1.82, 2.24) is 16.0 Å². The van der Waals surface area contributed by atoms with E-state index in [1.165, 1.54) is 5.49 Å². The van der Waals surface area contributed by atoms with Crippen molar-refractivity contribution in [1.29, 1.82) is 0 Å². The van der Waals surface area contributed by atoms with Crippen LogP contribution in [0.25, 0.3) is 0 Å². The van der Waals surface area contributed by atoms with Gasteiger partial charge in [0.15, 0.2) is 0 Å². The third kappa shape index (κ3) is 6.59. The number of carbonyl (C=O) groups excluding carboxylic acids is 2. The van der Waals surface area contributed by atoms with Crippen LogP contribution < -0.4 is 16.0 Å². The molecule has 6 nitrogen and oxygen atoms in total. The SMILES string of the molecule is O=CCNC(=S)CNC(=O)C(Cc1ccc(O)cc1)NC=S. The van der Waals surface area contributed by atoms with Gasteiger partial charge in [-0.3, -0.25) is 4.79 Å². The molecular formula is C14H17N3O3S2. The molecule has 0 bridgehead atoms. The van der Waals surface area contributed by atoms with Crippen LogP contribution >= 0.6 is 24.4 Å². The molecule has 8 heteroatoms. The fourth-order valence-corrected chi connectivity index (χ4v) is 2.01. The van der Waals surface area contributed by atoms with E-state index in [4.69, 9.17) is 24.4 Å². The number of aromatic hydroxyl groups is 1. The number of amides is 1. The first-order valence-corrected chi connectivity index (χ1v) is 7.40. The summed E-state index contributed by atoms with van der Waals surface area (Å²) in [5, 5.41) is 17.4. The maximum Gasteiger partial charge on any atom is 0.243 e. The first-order chi connectivity index (χ1) is 10.6. The molecule has 0 aliphatic heterocycles. The lowest BCUT2D eigenvalue weighted by Gasteiger charge is -2.17. The Hall–Kier alpha value is -2.06. The monoisotopic (exact) mass is 339 g/mol. The van der Waals surface area contributed by atoms with E-state index in [-0.39, 0.29) is 24.7 Å². The summed E-state index contributed by atoms with van der Waals surface area (Å²) in [6, 6.07) is 6.03. The maximum atomic E-state index is 12.1. The van der Waals surface area contributed by atoms with Crippen LogP contribution in [0.4, 0.5) is 0 Å². The Balaban J connectivity index is 2.55. The predicted octanol–water partition coefficient (Wildman–Crippen LogP) is 0.0822. The highest BCUT2D eigenvalue weighted by Gasteiger charge is 2.17. The second-order valence-corrected chi connectivity index (χ2v) is 5.12. The van der Waals surface area contributed by atoms with Gasteiger partial charge in [0.05, 0.1) is 23.6 Å². The van der Waals surface area contributed by atoms with Crippen LogP contribution in [0.15, 0.2) is 24.3 Å². The largest absolute Gasteiger partial charge is 0.508 e. The maximum absolute atomic E-state index is 12.1. The molecule has 1 unspecified atom stereocenters. The lowest BCUT2D eigenvalue weighted by Crippen LogP contribution is -2.47. The number of rotatable bonds is 9. The third-order valence-electron chi connectivity index (χ3n) is 2.77. The number of hydrogen-bond acceptors (Lipinski definition) is 5. The number of aldehydes is 1. The van der Waals surface area contributed by atoms with Crippen LogP contribution in [0, 0.1) is 0 Å². The molecule has 1 aromatic carbocycles. The predicted molar refractivity (Wildman–Crippen MR) is 92.1 cm³/mol. The molecule has 118 valence electrons. The minimum Gasteiger partial charge on any atom is -0.508 e.